The third-order valence-electron chi connectivity index (χ3n) is 4.76. The summed E-state index contributed by atoms with van der Waals surface area (Å²) in [5, 5.41) is 11.1. The first kappa shape index (κ1) is 16.5. The number of hydrogen-bond donors (Lipinski definition) is 2. The predicted molar refractivity (Wildman–Crippen MR) is 102 cm³/mol. The van der Waals surface area contributed by atoms with Crippen LogP contribution in [-0.2, 0) is 13.0 Å². The summed E-state index contributed by atoms with van der Waals surface area (Å²) in [6.07, 6.45) is 0.979. The number of amides is 1. The molecule has 3 aromatic rings. The van der Waals surface area contributed by atoms with Crippen molar-refractivity contribution in [1.29, 1.82) is 0 Å². The van der Waals surface area contributed by atoms with Crippen molar-refractivity contribution >= 4 is 5.91 Å². The van der Waals surface area contributed by atoms with Crippen molar-refractivity contribution in [1.82, 2.24) is 20.4 Å². The Morgan fingerprint density at radius 3 is 2.58 bits per heavy atom. The quantitative estimate of drug-likeness (QED) is 0.746. The van der Waals surface area contributed by atoms with Gasteiger partial charge in [0.15, 0.2) is 0 Å². The highest BCUT2D eigenvalue weighted by Crippen LogP contribution is 2.22. The van der Waals surface area contributed by atoms with Crippen molar-refractivity contribution in [2.75, 3.05) is 6.54 Å². The van der Waals surface area contributed by atoms with Gasteiger partial charge in [-0.1, -0.05) is 61.5 Å². The Kier molecular flexibility index (Phi) is 4.54. The molecule has 1 unspecified atom stereocenters. The van der Waals surface area contributed by atoms with Crippen LogP contribution in [0.5, 0.6) is 0 Å². The summed E-state index contributed by atoms with van der Waals surface area (Å²) < 4.78 is 1.81. The third-order valence-corrected chi connectivity index (χ3v) is 4.76. The fraction of sp³-hybridized carbons (Fsp3) is 0.238. The molecule has 0 fully saturated rings. The molecule has 1 aliphatic rings. The molecule has 2 N–H and O–H groups in total. The summed E-state index contributed by atoms with van der Waals surface area (Å²) in [4.78, 5) is 12.2. The number of nitrogens with zero attached hydrogens (tertiary/aromatic N) is 2. The number of nitrogens with one attached hydrogen (secondary N) is 2. The Labute approximate surface area is 153 Å². The molecule has 0 aliphatic carbocycles. The SMILES string of the molecule is CCc1ccc(CNC2CNC(=O)c3cc(-c4ccccc4)nn32)cc1. The van der Waals surface area contributed by atoms with Gasteiger partial charge in [0.1, 0.15) is 11.9 Å². The highest BCUT2D eigenvalue weighted by Gasteiger charge is 2.27. The van der Waals surface area contributed by atoms with E-state index in [0.717, 1.165) is 24.2 Å². The Balaban J connectivity index is 1.54. The molecular weight excluding hydrogens is 324 g/mol. The largest absolute Gasteiger partial charge is 0.347 e. The molecule has 1 aromatic heterocycles. The number of fused-ring (bicyclic) bond motifs is 1. The van der Waals surface area contributed by atoms with E-state index in [-0.39, 0.29) is 12.1 Å². The van der Waals surface area contributed by atoms with E-state index >= 15 is 0 Å². The Bertz CT molecular complexity index is 900. The van der Waals surface area contributed by atoms with Gasteiger partial charge in [0.05, 0.1) is 12.2 Å². The zero-order chi connectivity index (χ0) is 17.9. The van der Waals surface area contributed by atoms with E-state index in [9.17, 15) is 4.79 Å². The number of aryl methyl sites for hydroxylation is 1. The van der Waals surface area contributed by atoms with Gasteiger partial charge in [-0.2, -0.15) is 5.10 Å². The van der Waals surface area contributed by atoms with Crippen molar-refractivity contribution < 1.29 is 4.79 Å². The summed E-state index contributed by atoms with van der Waals surface area (Å²) in [6, 6.07) is 20.4. The average molecular weight is 346 g/mol. The summed E-state index contributed by atoms with van der Waals surface area (Å²) in [5.41, 5.74) is 4.97. The topological polar surface area (TPSA) is 58.9 Å². The Morgan fingerprint density at radius 2 is 1.85 bits per heavy atom. The second-order valence-electron chi connectivity index (χ2n) is 6.50. The molecule has 0 bridgehead atoms. The number of carbonyl (C=O) groups is 1. The normalized spacial score (nSPS) is 16.2. The van der Waals surface area contributed by atoms with Crippen LogP contribution in [0.25, 0.3) is 11.3 Å². The number of aromatic nitrogens is 2. The molecule has 26 heavy (non-hydrogen) atoms. The van der Waals surface area contributed by atoms with Crippen LogP contribution in [0.15, 0.2) is 60.7 Å². The molecule has 132 valence electrons. The fourth-order valence-corrected chi connectivity index (χ4v) is 3.21. The first-order chi connectivity index (χ1) is 12.7. The van der Waals surface area contributed by atoms with Crippen LogP contribution in [0.4, 0.5) is 0 Å². The Morgan fingerprint density at radius 1 is 1.12 bits per heavy atom. The molecule has 0 saturated heterocycles. The Hall–Kier alpha value is -2.92. The maximum Gasteiger partial charge on any atom is 0.269 e. The van der Waals surface area contributed by atoms with Crippen LogP contribution in [0.1, 0.15) is 34.7 Å². The second kappa shape index (κ2) is 7.14. The molecule has 1 atom stereocenters. The van der Waals surface area contributed by atoms with Gasteiger partial charge in [-0.25, -0.2) is 4.68 Å². The number of hydrogen-bond acceptors (Lipinski definition) is 3. The van der Waals surface area contributed by atoms with Gasteiger partial charge in [-0.3, -0.25) is 10.1 Å². The summed E-state index contributed by atoms with van der Waals surface area (Å²) in [7, 11) is 0. The fourth-order valence-electron chi connectivity index (χ4n) is 3.21. The van der Waals surface area contributed by atoms with Gasteiger partial charge in [0.25, 0.3) is 5.91 Å². The van der Waals surface area contributed by atoms with Crippen molar-refractivity contribution in [2.24, 2.45) is 0 Å². The van der Waals surface area contributed by atoms with Crippen LogP contribution in [0, 0.1) is 0 Å². The summed E-state index contributed by atoms with van der Waals surface area (Å²) in [5.74, 6) is -0.0787. The third kappa shape index (κ3) is 3.26. The minimum absolute atomic E-state index is 0.0639. The molecule has 1 amide bonds. The first-order valence-corrected chi connectivity index (χ1v) is 8.99. The van der Waals surface area contributed by atoms with Crippen molar-refractivity contribution in [3.05, 3.63) is 77.5 Å². The molecule has 1 aliphatic heterocycles. The first-order valence-electron chi connectivity index (χ1n) is 8.99. The van der Waals surface area contributed by atoms with Gasteiger partial charge in [0, 0.05) is 12.1 Å². The monoisotopic (exact) mass is 346 g/mol. The van der Waals surface area contributed by atoms with Crippen molar-refractivity contribution in [3.8, 4) is 11.3 Å². The minimum Gasteiger partial charge on any atom is -0.347 e. The van der Waals surface area contributed by atoms with Gasteiger partial charge >= 0.3 is 0 Å². The van der Waals surface area contributed by atoms with Gasteiger partial charge < -0.3 is 5.32 Å². The predicted octanol–water partition coefficient (Wildman–Crippen LogP) is 3.14. The van der Waals surface area contributed by atoms with E-state index in [0.29, 0.717) is 12.2 Å². The average Bonchev–Trinajstić information content (AvgIpc) is 3.15. The maximum absolute atomic E-state index is 12.2. The lowest BCUT2D eigenvalue weighted by Crippen LogP contribution is -2.45. The lowest BCUT2D eigenvalue weighted by atomic mass is 10.1. The van der Waals surface area contributed by atoms with E-state index in [4.69, 9.17) is 0 Å². The summed E-state index contributed by atoms with van der Waals surface area (Å²) in [6.45, 7) is 3.40. The van der Waals surface area contributed by atoms with Crippen molar-refractivity contribution in [3.63, 3.8) is 0 Å². The highest BCUT2D eigenvalue weighted by molar-refractivity contribution is 5.94. The second-order valence-corrected chi connectivity index (χ2v) is 6.50. The van der Waals surface area contributed by atoms with Gasteiger partial charge in [-0.05, 0) is 23.6 Å². The molecule has 2 aromatic carbocycles. The van der Waals surface area contributed by atoms with Crippen molar-refractivity contribution in [2.45, 2.75) is 26.1 Å². The van der Waals surface area contributed by atoms with Gasteiger partial charge in [0.2, 0.25) is 0 Å². The van der Waals surface area contributed by atoms with Crippen LogP contribution in [-0.4, -0.2) is 22.2 Å². The van der Waals surface area contributed by atoms with Crippen LogP contribution < -0.4 is 10.6 Å². The van der Waals surface area contributed by atoms with E-state index in [1.165, 1.54) is 11.1 Å². The maximum atomic E-state index is 12.2. The van der Waals surface area contributed by atoms with E-state index < -0.39 is 0 Å². The van der Waals surface area contributed by atoms with Crippen LogP contribution in [0.2, 0.25) is 0 Å². The zero-order valence-electron chi connectivity index (χ0n) is 14.8. The van der Waals surface area contributed by atoms with E-state index in [1.807, 2.05) is 41.1 Å². The smallest absolute Gasteiger partial charge is 0.269 e. The molecule has 5 heteroatoms. The van der Waals surface area contributed by atoms with Gasteiger partial charge in [-0.15, -0.1) is 0 Å². The zero-order valence-corrected chi connectivity index (χ0v) is 14.8. The number of rotatable bonds is 5. The number of benzene rings is 2. The highest BCUT2D eigenvalue weighted by atomic mass is 16.2. The van der Waals surface area contributed by atoms with E-state index in [1.54, 1.807) is 0 Å². The molecule has 0 spiro atoms. The lowest BCUT2D eigenvalue weighted by Gasteiger charge is -2.25. The molecule has 0 radical (unpaired) electrons. The molecular formula is C21H22N4O. The van der Waals surface area contributed by atoms with Crippen LogP contribution >= 0.6 is 0 Å². The standard InChI is InChI=1S/C21H22N4O/c1-2-15-8-10-16(11-9-15)13-22-20-14-23-21(26)19-12-18(24-25(19)20)17-6-4-3-5-7-17/h3-12,20,22H,2,13-14H2,1H3,(H,23,26). The van der Waals surface area contributed by atoms with E-state index in [2.05, 4.69) is 46.9 Å². The van der Waals surface area contributed by atoms with Crippen LogP contribution in [0.3, 0.4) is 0 Å². The molecule has 2 heterocycles. The number of carbonyl (C=O) groups excluding carboxylic acids is 1. The summed E-state index contributed by atoms with van der Waals surface area (Å²) >= 11 is 0. The molecule has 5 nitrogen and oxygen atoms in total. The lowest BCUT2D eigenvalue weighted by molar-refractivity contribution is 0.0900. The molecule has 4 rings (SSSR count). The minimum atomic E-state index is -0.0787. The molecule has 0 saturated carbocycles.